The average molecular weight is 587 g/mol. The van der Waals surface area contributed by atoms with Crippen molar-refractivity contribution in [3.05, 3.63) is 71.0 Å². The lowest BCUT2D eigenvalue weighted by Crippen LogP contribution is -2.50. The van der Waals surface area contributed by atoms with Crippen molar-refractivity contribution in [3.8, 4) is 23.1 Å². The van der Waals surface area contributed by atoms with Gasteiger partial charge in [-0.2, -0.15) is 4.80 Å². The lowest BCUT2D eigenvalue weighted by Gasteiger charge is -2.36. The van der Waals surface area contributed by atoms with Crippen molar-refractivity contribution in [2.45, 2.75) is 71.5 Å². The quantitative estimate of drug-likeness (QED) is 0.296. The van der Waals surface area contributed by atoms with Crippen molar-refractivity contribution < 1.29 is 23.5 Å². The fraction of sp³-hybridized carbons (Fsp3) is 0.406. The fourth-order valence-electron chi connectivity index (χ4n) is 5.45. The van der Waals surface area contributed by atoms with Crippen molar-refractivity contribution in [1.82, 2.24) is 25.5 Å². The fourth-order valence-corrected chi connectivity index (χ4v) is 5.45. The first-order valence-corrected chi connectivity index (χ1v) is 14.4. The largest absolute Gasteiger partial charge is 0.497 e. The summed E-state index contributed by atoms with van der Waals surface area (Å²) in [5.41, 5.74) is 2.81. The second-order valence-electron chi connectivity index (χ2n) is 11.7. The van der Waals surface area contributed by atoms with Crippen LogP contribution in [0.4, 0.5) is 5.69 Å². The van der Waals surface area contributed by atoms with E-state index >= 15 is 0 Å². The van der Waals surface area contributed by atoms with Crippen molar-refractivity contribution in [2.24, 2.45) is 0 Å². The van der Waals surface area contributed by atoms with Crippen LogP contribution in [0.1, 0.15) is 62.1 Å². The molecule has 226 valence electrons. The number of aromatic nitrogens is 4. The highest BCUT2D eigenvalue weighted by Crippen LogP contribution is 2.39. The number of methoxy groups -OCH3 is 2. The number of carbonyl (C=O) groups is 2. The lowest BCUT2D eigenvalue weighted by molar-refractivity contribution is -0.128. The molecule has 0 bridgehead atoms. The van der Waals surface area contributed by atoms with Crippen LogP contribution in [0.2, 0.25) is 0 Å². The lowest BCUT2D eigenvalue weighted by atomic mass is 9.89. The number of furan rings is 1. The number of nitrogens with zero attached hydrogens (tertiary/aromatic N) is 5. The van der Waals surface area contributed by atoms with E-state index in [9.17, 15) is 9.59 Å². The maximum absolute atomic E-state index is 14.5. The molecule has 1 aliphatic rings. The number of aryl methyl sites for hydroxylation is 2. The zero-order chi connectivity index (χ0) is 30.7. The number of fused-ring (bicyclic) bond motifs is 1. The van der Waals surface area contributed by atoms with Gasteiger partial charge in [0.15, 0.2) is 5.76 Å². The maximum Gasteiger partial charge on any atom is 0.251 e. The topological polar surface area (TPSA) is 125 Å². The summed E-state index contributed by atoms with van der Waals surface area (Å²) < 4.78 is 16.9. The van der Waals surface area contributed by atoms with E-state index in [-0.39, 0.29) is 18.3 Å². The molecule has 2 amide bonds. The third-order valence-corrected chi connectivity index (χ3v) is 7.33. The van der Waals surface area contributed by atoms with E-state index in [4.69, 9.17) is 13.9 Å². The molecule has 0 saturated carbocycles. The smallest absolute Gasteiger partial charge is 0.251 e. The molecule has 1 N–H and O–H groups in total. The minimum Gasteiger partial charge on any atom is -0.497 e. The molecule has 0 unspecified atom stereocenters. The monoisotopic (exact) mass is 586 g/mol. The molecule has 4 aromatic rings. The molecule has 5 rings (SSSR count). The Morgan fingerprint density at radius 3 is 2.56 bits per heavy atom. The number of hydrogen-bond donors (Lipinski definition) is 1. The summed E-state index contributed by atoms with van der Waals surface area (Å²) in [6.45, 7) is 7.27. The van der Waals surface area contributed by atoms with Crippen molar-refractivity contribution in [1.29, 1.82) is 0 Å². The van der Waals surface area contributed by atoms with Gasteiger partial charge in [0.1, 0.15) is 29.8 Å². The summed E-state index contributed by atoms with van der Waals surface area (Å²) in [6, 6.07) is 13.6. The van der Waals surface area contributed by atoms with Gasteiger partial charge in [-0.15, -0.1) is 10.2 Å². The van der Waals surface area contributed by atoms with Gasteiger partial charge in [-0.05, 0) is 106 Å². The summed E-state index contributed by atoms with van der Waals surface area (Å²) in [4.78, 5) is 31.6. The van der Waals surface area contributed by atoms with Gasteiger partial charge in [-0.1, -0.05) is 12.1 Å². The molecule has 43 heavy (non-hydrogen) atoms. The van der Waals surface area contributed by atoms with Gasteiger partial charge in [0.25, 0.3) is 5.91 Å². The van der Waals surface area contributed by atoms with Crippen molar-refractivity contribution >= 4 is 17.5 Å². The molecule has 2 aromatic heterocycles. The van der Waals surface area contributed by atoms with Gasteiger partial charge < -0.3 is 19.2 Å². The SMILES string of the molecule is COc1ccc(OC)c([C@@H](C(=O)NC(C)(C)C)N(C(=O)Cn2nnc(-c3ccc(C)o3)n2)c2cccc3c2CCCC3)c1. The second kappa shape index (κ2) is 12.3. The van der Waals surface area contributed by atoms with Gasteiger partial charge in [0.2, 0.25) is 11.7 Å². The molecule has 0 spiro atoms. The van der Waals surface area contributed by atoms with Crippen LogP contribution in [-0.4, -0.2) is 51.8 Å². The molecule has 11 heteroatoms. The number of benzene rings is 2. The van der Waals surface area contributed by atoms with E-state index in [0.29, 0.717) is 34.3 Å². The van der Waals surface area contributed by atoms with Crippen LogP contribution in [0.15, 0.2) is 52.9 Å². The van der Waals surface area contributed by atoms with Gasteiger partial charge in [-0.25, -0.2) is 0 Å². The Labute approximate surface area is 251 Å². The van der Waals surface area contributed by atoms with Gasteiger partial charge in [0.05, 0.1) is 14.2 Å². The van der Waals surface area contributed by atoms with Crippen LogP contribution < -0.4 is 19.7 Å². The highest BCUT2D eigenvalue weighted by molar-refractivity contribution is 6.02. The number of nitrogens with one attached hydrogen (secondary N) is 1. The molecule has 1 aliphatic carbocycles. The Bertz CT molecular complexity index is 1620. The number of ether oxygens (including phenoxy) is 2. The predicted octanol–water partition coefficient (Wildman–Crippen LogP) is 4.83. The van der Waals surface area contributed by atoms with Crippen molar-refractivity contribution in [2.75, 3.05) is 19.1 Å². The molecular formula is C32H38N6O5. The Balaban J connectivity index is 1.66. The van der Waals surface area contributed by atoms with Gasteiger partial charge in [-0.3, -0.25) is 14.5 Å². The van der Waals surface area contributed by atoms with E-state index in [1.54, 1.807) is 42.3 Å². The van der Waals surface area contributed by atoms with Crippen LogP contribution >= 0.6 is 0 Å². The first-order valence-electron chi connectivity index (χ1n) is 14.4. The Hall–Kier alpha value is -4.67. The zero-order valence-electron chi connectivity index (χ0n) is 25.5. The molecule has 11 nitrogen and oxygen atoms in total. The molecular weight excluding hydrogens is 548 g/mol. The Kier molecular flexibility index (Phi) is 8.52. The summed E-state index contributed by atoms with van der Waals surface area (Å²) in [5, 5.41) is 15.7. The molecule has 0 saturated heterocycles. The second-order valence-corrected chi connectivity index (χ2v) is 11.7. The first-order chi connectivity index (χ1) is 20.6. The number of anilines is 1. The predicted molar refractivity (Wildman–Crippen MR) is 161 cm³/mol. The first kappa shape index (κ1) is 29.8. The number of hydrogen-bond acceptors (Lipinski definition) is 8. The van der Waals surface area contributed by atoms with E-state index < -0.39 is 17.5 Å². The van der Waals surface area contributed by atoms with Crippen LogP contribution in [0, 0.1) is 6.92 Å². The molecule has 0 radical (unpaired) electrons. The van der Waals surface area contributed by atoms with E-state index in [2.05, 4.69) is 26.8 Å². The van der Waals surface area contributed by atoms with Crippen molar-refractivity contribution in [3.63, 3.8) is 0 Å². The Morgan fingerprint density at radius 1 is 1.07 bits per heavy atom. The third-order valence-electron chi connectivity index (χ3n) is 7.33. The highest BCUT2D eigenvalue weighted by Gasteiger charge is 2.38. The standard InChI is InChI=1S/C32H38N6O5/c1-20-14-16-27(43-20)30-34-36-37(35-30)19-28(39)38(25-13-9-11-21-10-7-8-12-23(21)25)29(31(40)33-32(2,3)4)24-18-22(41-5)15-17-26(24)42-6/h9,11,13-18,29H,7-8,10,12,19H2,1-6H3,(H,33,40)/t29-/m0/s1. The van der Waals surface area contributed by atoms with Crippen LogP contribution in [0.25, 0.3) is 11.6 Å². The molecule has 0 aliphatic heterocycles. The highest BCUT2D eigenvalue weighted by atomic mass is 16.5. The molecule has 2 heterocycles. The summed E-state index contributed by atoms with van der Waals surface area (Å²) >= 11 is 0. The molecule has 0 fully saturated rings. The van der Waals surface area contributed by atoms with Gasteiger partial charge in [0, 0.05) is 16.8 Å². The minimum absolute atomic E-state index is 0.262. The number of carbonyl (C=O) groups excluding carboxylic acids is 2. The zero-order valence-corrected chi connectivity index (χ0v) is 25.5. The van der Waals surface area contributed by atoms with E-state index in [1.807, 2.05) is 39.8 Å². The van der Waals surface area contributed by atoms with Gasteiger partial charge >= 0.3 is 0 Å². The van der Waals surface area contributed by atoms with Crippen LogP contribution in [0.3, 0.4) is 0 Å². The van der Waals surface area contributed by atoms with Crippen LogP contribution in [0.5, 0.6) is 11.5 Å². The van der Waals surface area contributed by atoms with E-state index in [0.717, 1.165) is 31.2 Å². The number of rotatable bonds is 9. The summed E-state index contributed by atoms with van der Waals surface area (Å²) in [7, 11) is 3.10. The molecule has 2 aromatic carbocycles. The van der Waals surface area contributed by atoms with E-state index in [1.165, 1.54) is 17.5 Å². The molecule has 1 atom stereocenters. The number of amides is 2. The normalized spacial score (nSPS) is 13.6. The third kappa shape index (κ3) is 6.55. The minimum atomic E-state index is -1.10. The van der Waals surface area contributed by atoms with Crippen LogP contribution in [-0.2, 0) is 29.0 Å². The number of tetrazole rings is 1. The average Bonchev–Trinajstić information content (AvgIpc) is 3.63. The summed E-state index contributed by atoms with van der Waals surface area (Å²) in [5.74, 6) is 1.66. The maximum atomic E-state index is 14.5. The Morgan fingerprint density at radius 2 is 1.86 bits per heavy atom. The summed E-state index contributed by atoms with van der Waals surface area (Å²) in [6.07, 6.45) is 3.76.